The molecule has 0 fully saturated rings. The molecule has 6 heteroatoms. The zero-order chi connectivity index (χ0) is 13.5. The van der Waals surface area contributed by atoms with Crippen molar-refractivity contribution >= 4 is 35.2 Å². The molecule has 18 heavy (non-hydrogen) atoms. The summed E-state index contributed by atoms with van der Waals surface area (Å²) in [4.78, 5) is 23.5. The lowest BCUT2D eigenvalue weighted by Gasteiger charge is -2.11. The van der Waals surface area contributed by atoms with Crippen molar-refractivity contribution in [1.82, 2.24) is 5.32 Å². The van der Waals surface area contributed by atoms with Gasteiger partial charge < -0.3 is 10.1 Å². The number of esters is 1. The highest BCUT2D eigenvalue weighted by Crippen LogP contribution is 2.24. The van der Waals surface area contributed by atoms with Crippen molar-refractivity contribution < 1.29 is 14.3 Å². The van der Waals surface area contributed by atoms with Gasteiger partial charge in [-0.2, -0.15) is 0 Å². The minimum absolute atomic E-state index is 0.110. The van der Waals surface area contributed by atoms with Crippen LogP contribution in [0.25, 0.3) is 0 Å². The SMILES string of the molecule is COC(=O)CNC(=O)C(C)Sc1ccc(Cl)cc1. The minimum atomic E-state index is -0.466. The summed E-state index contributed by atoms with van der Waals surface area (Å²) < 4.78 is 4.44. The zero-order valence-electron chi connectivity index (χ0n) is 10.1. The maximum absolute atomic E-state index is 11.7. The summed E-state index contributed by atoms with van der Waals surface area (Å²) in [7, 11) is 1.28. The Morgan fingerprint density at radius 1 is 1.39 bits per heavy atom. The van der Waals surface area contributed by atoms with Crippen molar-refractivity contribution in [2.24, 2.45) is 0 Å². The lowest BCUT2D eigenvalue weighted by atomic mass is 10.4. The molecule has 1 amide bonds. The number of amides is 1. The molecule has 4 nitrogen and oxygen atoms in total. The Kier molecular flexibility index (Phi) is 6.01. The van der Waals surface area contributed by atoms with Gasteiger partial charge in [-0.05, 0) is 31.2 Å². The Bertz CT molecular complexity index is 422. The first-order valence-corrected chi connectivity index (χ1v) is 6.55. The van der Waals surface area contributed by atoms with Crippen molar-refractivity contribution in [1.29, 1.82) is 0 Å². The van der Waals surface area contributed by atoms with Crippen molar-refractivity contribution in [3.05, 3.63) is 29.3 Å². The predicted molar refractivity (Wildman–Crippen MR) is 71.8 cm³/mol. The first-order chi connectivity index (χ1) is 8.52. The molecule has 1 aromatic rings. The van der Waals surface area contributed by atoms with Gasteiger partial charge in [-0.25, -0.2) is 0 Å². The van der Waals surface area contributed by atoms with Gasteiger partial charge in [0, 0.05) is 9.92 Å². The number of hydrogen-bond donors (Lipinski definition) is 1. The topological polar surface area (TPSA) is 55.4 Å². The van der Waals surface area contributed by atoms with E-state index in [-0.39, 0.29) is 17.7 Å². The van der Waals surface area contributed by atoms with Crippen LogP contribution in [-0.2, 0) is 14.3 Å². The number of benzene rings is 1. The van der Waals surface area contributed by atoms with Gasteiger partial charge in [-0.15, -0.1) is 11.8 Å². The zero-order valence-corrected chi connectivity index (χ0v) is 11.7. The summed E-state index contributed by atoms with van der Waals surface area (Å²) in [5.74, 6) is -0.674. The van der Waals surface area contributed by atoms with Crippen LogP contribution in [0.5, 0.6) is 0 Å². The fraction of sp³-hybridized carbons (Fsp3) is 0.333. The third-order valence-corrected chi connectivity index (χ3v) is 3.49. The van der Waals surface area contributed by atoms with E-state index in [1.54, 1.807) is 19.1 Å². The van der Waals surface area contributed by atoms with Gasteiger partial charge in [0.05, 0.1) is 12.4 Å². The van der Waals surface area contributed by atoms with E-state index >= 15 is 0 Å². The third kappa shape index (κ3) is 4.98. The molecule has 1 rings (SSSR count). The first kappa shape index (κ1) is 14.9. The molecule has 0 aliphatic heterocycles. The second kappa shape index (κ2) is 7.28. The summed E-state index contributed by atoms with van der Waals surface area (Å²) in [5.41, 5.74) is 0. The molecule has 0 heterocycles. The van der Waals surface area contributed by atoms with Crippen LogP contribution in [0.2, 0.25) is 5.02 Å². The Hall–Kier alpha value is -1.20. The van der Waals surface area contributed by atoms with Crippen LogP contribution in [0.1, 0.15) is 6.92 Å². The van der Waals surface area contributed by atoms with Gasteiger partial charge >= 0.3 is 5.97 Å². The van der Waals surface area contributed by atoms with E-state index < -0.39 is 5.97 Å². The fourth-order valence-corrected chi connectivity index (χ4v) is 2.16. The number of carbonyl (C=O) groups excluding carboxylic acids is 2. The number of ether oxygens (including phenoxy) is 1. The molecule has 0 saturated carbocycles. The quantitative estimate of drug-likeness (QED) is 0.666. The van der Waals surface area contributed by atoms with E-state index in [9.17, 15) is 9.59 Å². The molecule has 0 aromatic heterocycles. The maximum atomic E-state index is 11.7. The Labute approximate surface area is 115 Å². The Morgan fingerprint density at radius 2 is 2.00 bits per heavy atom. The van der Waals surface area contributed by atoms with Crippen LogP contribution in [0.3, 0.4) is 0 Å². The molecule has 0 bridgehead atoms. The standard InChI is InChI=1S/C12H14ClNO3S/c1-8(12(16)14-7-11(15)17-2)18-10-5-3-9(13)4-6-10/h3-6,8H,7H2,1-2H3,(H,14,16). The van der Waals surface area contributed by atoms with Gasteiger partial charge in [-0.1, -0.05) is 11.6 Å². The van der Waals surface area contributed by atoms with E-state index in [2.05, 4.69) is 10.1 Å². The third-order valence-electron chi connectivity index (χ3n) is 2.13. The molecule has 1 N–H and O–H groups in total. The number of rotatable bonds is 5. The average Bonchev–Trinajstić information content (AvgIpc) is 2.38. The molecule has 0 radical (unpaired) electrons. The summed E-state index contributed by atoms with van der Waals surface area (Å²) in [5, 5.41) is 2.86. The lowest BCUT2D eigenvalue weighted by Crippen LogP contribution is -2.35. The van der Waals surface area contributed by atoms with Crippen LogP contribution in [0.15, 0.2) is 29.2 Å². The molecule has 0 aliphatic carbocycles. The summed E-state index contributed by atoms with van der Waals surface area (Å²) >= 11 is 7.17. The Balaban J connectivity index is 2.44. The molecular formula is C12H14ClNO3S. The van der Waals surface area contributed by atoms with Crippen LogP contribution in [0.4, 0.5) is 0 Å². The van der Waals surface area contributed by atoms with Crippen LogP contribution in [-0.4, -0.2) is 30.8 Å². The highest BCUT2D eigenvalue weighted by atomic mass is 35.5. The fourth-order valence-electron chi connectivity index (χ4n) is 1.15. The van der Waals surface area contributed by atoms with E-state index in [0.29, 0.717) is 5.02 Å². The second-order valence-corrected chi connectivity index (χ2v) is 5.36. The van der Waals surface area contributed by atoms with E-state index in [1.807, 2.05) is 12.1 Å². The molecule has 0 aliphatic rings. The van der Waals surface area contributed by atoms with Gasteiger partial charge in [0.15, 0.2) is 0 Å². The molecule has 1 atom stereocenters. The highest BCUT2D eigenvalue weighted by molar-refractivity contribution is 8.00. The number of methoxy groups -OCH3 is 1. The molecule has 1 unspecified atom stereocenters. The number of thioether (sulfide) groups is 1. The van der Waals surface area contributed by atoms with Gasteiger partial charge in [-0.3, -0.25) is 9.59 Å². The number of halogens is 1. The van der Waals surface area contributed by atoms with Crippen molar-refractivity contribution in [3.8, 4) is 0 Å². The second-order valence-electron chi connectivity index (χ2n) is 3.51. The molecule has 0 saturated heterocycles. The monoisotopic (exact) mass is 287 g/mol. The van der Waals surface area contributed by atoms with Crippen LogP contribution in [0, 0.1) is 0 Å². The van der Waals surface area contributed by atoms with Crippen molar-refractivity contribution in [2.75, 3.05) is 13.7 Å². The Morgan fingerprint density at radius 3 is 2.56 bits per heavy atom. The minimum Gasteiger partial charge on any atom is -0.468 e. The average molecular weight is 288 g/mol. The summed E-state index contributed by atoms with van der Waals surface area (Å²) in [6.07, 6.45) is 0. The van der Waals surface area contributed by atoms with Crippen LogP contribution < -0.4 is 5.32 Å². The van der Waals surface area contributed by atoms with Crippen molar-refractivity contribution in [3.63, 3.8) is 0 Å². The van der Waals surface area contributed by atoms with Gasteiger partial charge in [0.2, 0.25) is 5.91 Å². The van der Waals surface area contributed by atoms with E-state index in [0.717, 1.165) is 4.90 Å². The highest BCUT2D eigenvalue weighted by Gasteiger charge is 2.15. The molecule has 1 aromatic carbocycles. The van der Waals surface area contributed by atoms with Gasteiger partial charge in [0.25, 0.3) is 0 Å². The maximum Gasteiger partial charge on any atom is 0.325 e. The molecular weight excluding hydrogens is 274 g/mol. The summed E-state index contributed by atoms with van der Waals surface area (Å²) in [6, 6.07) is 7.22. The molecule has 0 spiro atoms. The number of nitrogens with one attached hydrogen (secondary N) is 1. The van der Waals surface area contributed by atoms with Crippen LogP contribution >= 0.6 is 23.4 Å². The predicted octanol–water partition coefficient (Wildman–Crippen LogP) is 2.11. The first-order valence-electron chi connectivity index (χ1n) is 5.29. The normalized spacial score (nSPS) is 11.7. The van der Waals surface area contributed by atoms with E-state index in [1.165, 1.54) is 18.9 Å². The number of hydrogen-bond acceptors (Lipinski definition) is 4. The lowest BCUT2D eigenvalue weighted by molar-refractivity contribution is -0.141. The summed E-state index contributed by atoms with van der Waals surface area (Å²) in [6.45, 7) is 1.66. The van der Waals surface area contributed by atoms with Crippen molar-refractivity contribution in [2.45, 2.75) is 17.1 Å². The smallest absolute Gasteiger partial charge is 0.325 e. The van der Waals surface area contributed by atoms with E-state index in [4.69, 9.17) is 11.6 Å². The number of carbonyl (C=O) groups is 2. The molecule has 98 valence electrons. The largest absolute Gasteiger partial charge is 0.468 e. The van der Waals surface area contributed by atoms with Gasteiger partial charge in [0.1, 0.15) is 6.54 Å².